The molecule has 28 heavy (non-hydrogen) atoms. The van der Waals surface area contributed by atoms with Crippen LogP contribution in [0.25, 0.3) is 11.0 Å². The number of aryl methyl sites for hydroxylation is 1. The maximum atomic E-state index is 13.3. The van der Waals surface area contributed by atoms with Gasteiger partial charge in [-0.3, -0.25) is 4.79 Å². The van der Waals surface area contributed by atoms with Gasteiger partial charge in [0.15, 0.2) is 5.65 Å². The summed E-state index contributed by atoms with van der Waals surface area (Å²) in [5.41, 5.74) is -1.12. The Kier molecular flexibility index (Phi) is 5.76. The highest BCUT2D eigenvalue weighted by Gasteiger charge is 2.24. The van der Waals surface area contributed by atoms with Gasteiger partial charge >= 0.3 is 0 Å². The number of carbonyl (C=O) groups excluding carboxylic acids is 1. The lowest BCUT2D eigenvalue weighted by Gasteiger charge is -2.09. The number of fused-ring (bicyclic) bond motifs is 1. The van der Waals surface area contributed by atoms with Gasteiger partial charge in [-0.05, 0) is 31.2 Å². The van der Waals surface area contributed by atoms with Crippen LogP contribution in [0.4, 0.5) is 23.2 Å². The van der Waals surface area contributed by atoms with Gasteiger partial charge in [-0.1, -0.05) is 23.2 Å². The van der Waals surface area contributed by atoms with Gasteiger partial charge in [0.25, 0.3) is 12.9 Å². The van der Waals surface area contributed by atoms with Crippen LogP contribution in [0.15, 0.2) is 24.3 Å². The SMILES string of the molecule is Cc1nn(CC(=O)Nc2ccc(Cl)c(Cl)c2)c2nc(C(F)F)cc(C(F)F)c12. The highest BCUT2D eigenvalue weighted by atomic mass is 35.5. The summed E-state index contributed by atoms with van der Waals surface area (Å²) in [6, 6.07) is 5.09. The summed E-state index contributed by atoms with van der Waals surface area (Å²) in [7, 11) is 0. The molecule has 148 valence electrons. The number of rotatable bonds is 5. The first-order chi connectivity index (χ1) is 13.2. The molecule has 0 fully saturated rings. The van der Waals surface area contributed by atoms with E-state index in [-0.39, 0.29) is 21.7 Å². The molecule has 1 amide bonds. The predicted octanol–water partition coefficient (Wildman–Crippen LogP) is 5.56. The molecule has 2 aromatic heterocycles. The molecule has 0 aliphatic heterocycles. The van der Waals surface area contributed by atoms with Gasteiger partial charge in [0, 0.05) is 11.3 Å². The van der Waals surface area contributed by atoms with E-state index >= 15 is 0 Å². The molecule has 0 radical (unpaired) electrons. The second-order valence-electron chi connectivity index (χ2n) is 5.86. The van der Waals surface area contributed by atoms with E-state index in [4.69, 9.17) is 23.2 Å². The molecule has 0 spiro atoms. The number of halogens is 6. The number of anilines is 1. The molecular formula is C17H12Cl2F4N4O. The summed E-state index contributed by atoms with van der Waals surface area (Å²) in [6.07, 6.45) is -6.04. The van der Waals surface area contributed by atoms with Gasteiger partial charge in [-0.2, -0.15) is 5.10 Å². The largest absolute Gasteiger partial charge is 0.324 e. The van der Waals surface area contributed by atoms with Gasteiger partial charge in [0.1, 0.15) is 12.2 Å². The van der Waals surface area contributed by atoms with E-state index in [2.05, 4.69) is 15.4 Å². The molecule has 3 rings (SSSR count). The fourth-order valence-corrected chi connectivity index (χ4v) is 3.01. The lowest BCUT2D eigenvalue weighted by atomic mass is 10.1. The third-order valence-electron chi connectivity index (χ3n) is 3.88. The van der Waals surface area contributed by atoms with Crippen molar-refractivity contribution in [1.82, 2.24) is 14.8 Å². The molecule has 0 aliphatic rings. The molecule has 3 aromatic rings. The number of alkyl halides is 4. The van der Waals surface area contributed by atoms with Gasteiger partial charge in [0.2, 0.25) is 5.91 Å². The Morgan fingerprint density at radius 3 is 2.46 bits per heavy atom. The summed E-state index contributed by atoms with van der Waals surface area (Å²) in [4.78, 5) is 16.0. The van der Waals surface area contributed by atoms with Gasteiger partial charge in [-0.15, -0.1) is 0 Å². The van der Waals surface area contributed by atoms with Crippen molar-refractivity contribution in [2.75, 3.05) is 5.32 Å². The quantitative estimate of drug-likeness (QED) is 0.534. The summed E-state index contributed by atoms with van der Waals surface area (Å²) >= 11 is 11.7. The van der Waals surface area contributed by atoms with Crippen LogP contribution >= 0.6 is 23.2 Å². The second-order valence-corrected chi connectivity index (χ2v) is 6.67. The van der Waals surface area contributed by atoms with E-state index in [9.17, 15) is 22.4 Å². The minimum atomic E-state index is -3.05. The van der Waals surface area contributed by atoms with Crippen LogP contribution < -0.4 is 5.32 Å². The van der Waals surface area contributed by atoms with Gasteiger partial charge < -0.3 is 5.32 Å². The van der Waals surface area contributed by atoms with Crippen molar-refractivity contribution in [2.45, 2.75) is 26.3 Å². The number of benzene rings is 1. The summed E-state index contributed by atoms with van der Waals surface area (Å²) in [6.45, 7) is 1.01. The Morgan fingerprint density at radius 1 is 1.14 bits per heavy atom. The van der Waals surface area contributed by atoms with E-state index in [0.29, 0.717) is 16.8 Å². The third-order valence-corrected chi connectivity index (χ3v) is 4.62. The third kappa shape index (κ3) is 4.05. The molecule has 0 saturated heterocycles. The highest BCUT2D eigenvalue weighted by Crippen LogP contribution is 2.32. The average molecular weight is 435 g/mol. The summed E-state index contributed by atoms with van der Waals surface area (Å²) in [5, 5.41) is 7.03. The first kappa shape index (κ1) is 20.3. The fraction of sp³-hybridized carbons (Fsp3) is 0.235. The number of aromatic nitrogens is 3. The zero-order chi connectivity index (χ0) is 20.6. The molecule has 5 nitrogen and oxygen atoms in total. The lowest BCUT2D eigenvalue weighted by Crippen LogP contribution is -2.20. The maximum absolute atomic E-state index is 13.3. The van der Waals surface area contributed by atoms with E-state index in [1.165, 1.54) is 25.1 Å². The number of carbonyl (C=O) groups is 1. The van der Waals surface area contributed by atoms with Crippen LogP contribution in [-0.2, 0) is 11.3 Å². The zero-order valence-corrected chi connectivity index (χ0v) is 15.7. The van der Waals surface area contributed by atoms with Crippen LogP contribution in [0, 0.1) is 6.92 Å². The molecule has 0 bridgehead atoms. The minimum absolute atomic E-state index is 0.0539. The molecule has 2 heterocycles. The van der Waals surface area contributed by atoms with Crippen molar-refractivity contribution in [3.05, 3.63) is 51.3 Å². The molecule has 1 N–H and O–H groups in total. The Hall–Kier alpha value is -2.39. The van der Waals surface area contributed by atoms with Crippen molar-refractivity contribution in [3.63, 3.8) is 0 Å². The molecule has 0 atom stereocenters. The minimum Gasteiger partial charge on any atom is -0.324 e. The van der Waals surface area contributed by atoms with E-state index in [0.717, 1.165) is 4.68 Å². The number of amides is 1. The molecule has 0 unspecified atom stereocenters. The van der Waals surface area contributed by atoms with Gasteiger partial charge in [0.05, 0.1) is 21.1 Å². The Balaban J connectivity index is 1.96. The highest BCUT2D eigenvalue weighted by molar-refractivity contribution is 6.42. The normalized spacial score (nSPS) is 11.6. The van der Waals surface area contributed by atoms with Crippen LogP contribution in [-0.4, -0.2) is 20.7 Å². The predicted molar refractivity (Wildman–Crippen MR) is 97.3 cm³/mol. The summed E-state index contributed by atoms with van der Waals surface area (Å²) < 4.78 is 53.8. The van der Waals surface area contributed by atoms with Crippen LogP contribution in [0.1, 0.15) is 29.8 Å². The second kappa shape index (κ2) is 7.92. The zero-order valence-electron chi connectivity index (χ0n) is 14.2. The smallest absolute Gasteiger partial charge is 0.280 e. The summed E-state index contributed by atoms with van der Waals surface area (Å²) in [5.74, 6) is -0.578. The molecule has 0 aliphatic carbocycles. The Labute approximate surface area is 166 Å². The first-order valence-electron chi connectivity index (χ1n) is 7.86. The van der Waals surface area contributed by atoms with E-state index in [1.54, 1.807) is 0 Å². The average Bonchev–Trinajstić information content (AvgIpc) is 2.93. The molecule has 1 aromatic carbocycles. The first-order valence-corrected chi connectivity index (χ1v) is 8.62. The van der Waals surface area contributed by atoms with Crippen molar-refractivity contribution in [1.29, 1.82) is 0 Å². The van der Waals surface area contributed by atoms with Crippen LogP contribution in [0.2, 0.25) is 10.0 Å². The number of hydrogen-bond acceptors (Lipinski definition) is 3. The molecule has 11 heteroatoms. The Bertz CT molecular complexity index is 1060. The number of pyridine rings is 1. The van der Waals surface area contributed by atoms with E-state index < -0.39 is 36.6 Å². The van der Waals surface area contributed by atoms with Crippen molar-refractivity contribution in [2.24, 2.45) is 0 Å². The van der Waals surface area contributed by atoms with Crippen molar-refractivity contribution < 1.29 is 22.4 Å². The molecular weight excluding hydrogens is 423 g/mol. The number of hydrogen-bond donors (Lipinski definition) is 1. The lowest BCUT2D eigenvalue weighted by molar-refractivity contribution is -0.116. The topological polar surface area (TPSA) is 59.8 Å². The van der Waals surface area contributed by atoms with Crippen LogP contribution in [0.3, 0.4) is 0 Å². The maximum Gasteiger partial charge on any atom is 0.280 e. The number of nitrogens with one attached hydrogen (secondary N) is 1. The van der Waals surface area contributed by atoms with Gasteiger partial charge in [-0.25, -0.2) is 27.2 Å². The van der Waals surface area contributed by atoms with Crippen molar-refractivity contribution >= 4 is 45.8 Å². The van der Waals surface area contributed by atoms with Crippen molar-refractivity contribution in [3.8, 4) is 0 Å². The van der Waals surface area contributed by atoms with E-state index in [1.807, 2.05) is 0 Å². The molecule has 0 saturated carbocycles. The Morgan fingerprint density at radius 2 is 1.86 bits per heavy atom. The van der Waals surface area contributed by atoms with Crippen LogP contribution in [0.5, 0.6) is 0 Å². The standard InChI is InChI=1S/C17H12Cl2F4N4O/c1-7-14-9(15(20)21)5-12(16(22)23)25-17(14)27(26-7)6-13(28)24-8-2-3-10(18)11(19)4-8/h2-5,15-16H,6H2,1H3,(H,24,28). The monoisotopic (exact) mass is 434 g/mol. The number of nitrogens with zero attached hydrogens (tertiary/aromatic N) is 3. The fourth-order valence-electron chi connectivity index (χ4n) is 2.71.